The summed E-state index contributed by atoms with van der Waals surface area (Å²) in [5.41, 5.74) is 1.71. The van der Waals surface area contributed by atoms with Crippen molar-refractivity contribution in [3.05, 3.63) is 42.0 Å². The molecule has 1 heterocycles. The third-order valence-corrected chi connectivity index (χ3v) is 4.73. The molecule has 150 valence electrons. The van der Waals surface area contributed by atoms with E-state index in [9.17, 15) is 4.79 Å². The molecular formula is C21H26N2O5. The molecule has 1 N–H and O–H groups in total. The first-order chi connectivity index (χ1) is 13.5. The van der Waals surface area contributed by atoms with E-state index in [1.54, 1.807) is 32.4 Å². The molecule has 0 saturated heterocycles. The number of benzene rings is 2. The van der Waals surface area contributed by atoms with Crippen molar-refractivity contribution in [1.29, 1.82) is 0 Å². The highest BCUT2D eigenvalue weighted by Crippen LogP contribution is 2.31. The minimum Gasteiger partial charge on any atom is -0.493 e. The molecular weight excluding hydrogens is 360 g/mol. The van der Waals surface area contributed by atoms with Gasteiger partial charge in [0.2, 0.25) is 5.91 Å². The Morgan fingerprint density at radius 3 is 2.50 bits per heavy atom. The number of likely N-dealkylation sites (N-methyl/N-ethyl adjacent to an activating group) is 1. The highest BCUT2D eigenvalue weighted by Gasteiger charge is 2.20. The molecule has 7 nitrogen and oxygen atoms in total. The van der Waals surface area contributed by atoms with Crippen molar-refractivity contribution in [2.24, 2.45) is 0 Å². The van der Waals surface area contributed by atoms with Crippen molar-refractivity contribution in [3.63, 3.8) is 0 Å². The zero-order valence-electron chi connectivity index (χ0n) is 16.7. The smallest absolute Gasteiger partial charge is 0.241 e. The summed E-state index contributed by atoms with van der Waals surface area (Å²) in [7, 11) is 5.05. The van der Waals surface area contributed by atoms with Gasteiger partial charge in [0.05, 0.1) is 20.3 Å². The number of hydrogen-bond acceptors (Lipinski definition) is 6. The average Bonchev–Trinajstić information content (AvgIpc) is 2.72. The van der Waals surface area contributed by atoms with Crippen LogP contribution < -0.4 is 24.3 Å². The van der Waals surface area contributed by atoms with E-state index in [0.717, 1.165) is 17.1 Å². The number of fused-ring (bicyclic) bond motifs is 1. The third kappa shape index (κ3) is 4.48. The van der Waals surface area contributed by atoms with E-state index in [1.807, 2.05) is 37.1 Å². The van der Waals surface area contributed by atoms with Crippen LogP contribution in [0.1, 0.15) is 12.5 Å². The van der Waals surface area contributed by atoms with E-state index in [1.165, 1.54) is 0 Å². The Balaban J connectivity index is 1.62. The van der Waals surface area contributed by atoms with E-state index >= 15 is 0 Å². The van der Waals surface area contributed by atoms with E-state index in [2.05, 4.69) is 5.32 Å². The second-order valence-corrected chi connectivity index (χ2v) is 6.63. The van der Waals surface area contributed by atoms with Crippen molar-refractivity contribution in [2.75, 3.05) is 39.8 Å². The highest BCUT2D eigenvalue weighted by molar-refractivity contribution is 5.94. The van der Waals surface area contributed by atoms with Gasteiger partial charge in [-0.1, -0.05) is 6.07 Å². The number of carbonyl (C=O) groups is 1. The second-order valence-electron chi connectivity index (χ2n) is 6.63. The molecule has 0 aliphatic carbocycles. The molecule has 0 bridgehead atoms. The molecule has 0 fully saturated rings. The number of amides is 1. The zero-order valence-corrected chi connectivity index (χ0v) is 16.7. The van der Waals surface area contributed by atoms with Crippen molar-refractivity contribution in [1.82, 2.24) is 4.90 Å². The minimum atomic E-state index is -0.332. The van der Waals surface area contributed by atoms with Crippen molar-refractivity contribution in [2.45, 2.75) is 19.5 Å². The standard InChI is InChI=1S/C21H26N2O5/c1-14(21(24)22-16-6-8-17(25-3)19(12-16)26-4)23(2)13-15-5-7-18-20(11-15)28-10-9-27-18/h5-8,11-12,14H,9-10,13H2,1-4H3,(H,22,24)/t14-/m0/s1. The summed E-state index contributed by atoms with van der Waals surface area (Å²) in [5.74, 6) is 2.59. The fraction of sp³-hybridized carbons (Fsp3) is 0.381. The number of carbonyl (C=O) groups excluding carboxylic acids is 1. The fourth-order valence-corrected chi connectivity index (χ4v) is 2.97. The van der Waals surface area contributed by atoms with Gasteiger partial charge in [-0.15, -0.1) is 0 Å². The molecule has 2 aromatic carbocycles. The van der Waals surface area contributed by atoms with E-state index in [-0.39, 0.29) is 11.9 Å². The Morgan fingerprint density at radius 2 is 1.79 bits per heavy atom. The van der Waals surface area contributed by atoms with E-state index in [4.69, 9.17) is 18.9 Å². The van der Waals surface area contributed by atoms with Gasteiger partial charge < -0.3 is 24.3 Å². The summed E-state index contributed by atoms with van der Waals surface area (Å²) in [6.45, 7) is 3.60. The lowest BCUT2D eigenvalue weighted by Crippen LogP contribution is -2.39. The van der Waals surface area contributed by atoms with Gasteiger partial charge in [0.25, 0.3) is 0 Å². The third-order valence-electron chi connectivity index (χ3n) is 4.73. The first-order valence-corrected chi connectivity index (χ1v) is 9.13. The van der Waals surface area contributed by atoms with Gasteiger partial charge in [0.1, 0.15) is 13.2 Å². The Kier molecular flexibility index (Phi) is 6.26. The Morgan fingerprint density at radius 1 is 1.07 bits per heavy atom. The number of rotatable bonds is 7. The molecule has 1 aliphatic rings. The van der Waals surface area contributed by atoms with Crippen LogP contribution in [0, 0.1) is 0 Å². The lowest BCUT2D eigenvalue weighted by Gasteiger charge is -2.25. The molecule has 28 heavy (non-hydrogen) atoms. The molecule has 3 rings (SSSR count). The Hall–Kier alpha value is -2.93. The van der Waals surface area contributed by atoms with Crippen LogP contribution >= 0.6 is 0 Å². The van der Waals surface area contributed by atoms with E-state index in [0.29, 0.717) is 36.9 Å². The van der Waals surface area contributed by atoms with Crippen LogP contribution in [0.2, 0.25) is 0 Å². The van der Waals surface area contributed by atoms with Crippen molar-refractivity contribution < 1.29 is 23.7 Å². The van der Waals surface area contributed by atoms with Crippen LogP contribution in [-0.4, -0.2) is 51.3 Å². The van der Waals surface area contributed by atoms with Gasteiger partial charge in [-0.2, -0.15) is 0 Å². The van der Waals surface area contributed by atoms with Crippen LogP contribution in [0.5, 0.6) is 23.0 Å². The van der Waals surface area contributed by atoms with Crippen LogP contribution in [0.3, 0.4) is 0 Å². The first kappa shape index (κ1) is 19.8. The van der Waals surface area contributed by atoms with Crippen LogP contribution in [0.15, 0.2) is 36.4 Å². The van der Waals surface area contributed by atoms with Gasteiger partial charge >= 0.3 is 0 Å². The predicted molar refractivity (Wildman–Crippen MR) is 107 cm³/mol. The van der Waals surface area contributed by atoms with Crippen molar-refractivity contribution in [3.8, 4) is 23.0 Å². The summed E-state index contributed by atoms with van der Waals surface area (Å²) >= 11 is 0. The molecule has 0 aromatic heterocycles. The number of hydrogen-bond donors (Lipinski definition) is 1. The maximum Gasteiger partial charge on any atom is 0.241 e. The molecule has 0 saturated carbocycles. The summed E-state index contributed by atoms with van der Waals surface area (Å²) < 4.78 is 21.7. The van der Waals surface area contributed by atoms with Gasteiger partial charge in [-0.05, 0) is 43.8 Å². The number of nitrogens with zero attached hydrogens (tertiary/aromatic N) is 1. The van der Waals surface area contributed by atoms with Gasteiger partial charge in [0, 0.05) is 18.3 Å². The largest absolute Gasteiger partial charge is 0.493 e. The summed E-state index contributed by atoms with van der Waals surface area (Å²) in [4.78, 5) is 14.6. The zero-order chi connectivity index (χ0) is 20.1. The molecule has 1 aliphatic heterocycles. The van der Waals surface area contributed by atoms with Gasteiger partial charge in [-0.3, -0.25) is 9.69 Å². The second kappa shape index (κ2) is 8.84. The summed E-state index contributed by atoms with van der Waals surface area (Å²) in [6, 6.07) is 10.8. The summed E-state index contributed by atoms with van der Waals surface area (Å²) in [5, 5.41) is 2.92. The lowest BCUT2D eigenvalue weighted by molar-refractivity contribution is -0.120. The van der Waals surface area contributed by atoms with Crippen molar-refractivity contribution >= 4 is 11.6 Å². The number of anilines is 1. The monoisotopic (exact) mass is 386 g/mol. The first-order valence-electron chi connectivity index (χ1n) is 9.13. The van der Waals surface area contributed by atoms with Crippen LogP contribution in [0.4, 0.5) is 5.69 Å². The van der Waals surface area contributed by atoms with Crippen LogP contribution in [0.25, 0.3) is 0 Å². The molecule has 7 heteroatoms. The average molecular weight is 386 g/mol. The fourth-order valence-electron chi connectivity index (χ4n) is 2.97. The molecule has 1 atom stereocenters. The molecule has 2 aromatic rings. The van der Waals surface area contributed by atoms with Gasteiger partial charge in [0.15, 0.2) is 23.0 Å². The molecule has 0 radical (unpaired) electrons. The van der Waals surface area contributed by atoms with E-state index < -0.39 is 0 Å². The topological polar surface area (TPSA) is 69.3 Å². The minimum absolute atomic E-state index is 0.104. The quantitative estimate of drug-likeness (QED) is 0.789. The van der Waals surface area contributed by atoms with Gasteiger partial charge in [-0.25, -0.2) is 0 Å². The maximum atomic E-state index is 12.7. The highest BCUT2D eigenvalue weighted by atomic mass is 16.6. The van der Waals surface area contributed by atoms with Crippen LogP contribution in [-0.2, 0) is 11.3 Å². The lowest BCUT2D eigenvalue weighted by atomic mass is 10.1. The Bertz CT molecular complexity index is 840. The molecule has 0 spiro atoms. The molecule has 0 unspecified atom stereocenters. The molecule has 1 amide bonds. The normalized spacial score (nSPS) is 13.8. The number of nitrogens with one attached hydrogen (secondary N) is 1. The number of ether oxygens (including phenoxy) is 4. The predicted octanol–water partition coefficient (Wildman–Crippen LogP) is 2.93. The summed E-state index contributed by atoms with van der Waals surface area (Å²) in [6.07, 6.45) is 0. The SMILES string of the molecule is COc1ccc(NC(=O)[C@H](C)N(C)Cc2ccc3c(c2)OCCO3)cc1OC. The maximum absolute atomic E-state index is 12.7. The number of methoxy groups -OCH3 is 2. The Labute approximate surface area is 165 Å².